The van der Waals surface area contributed by atoms with Crippen LogP contribution in [0.25, 0.3) is 0 Å². The first-order chi connectivity index (χ1) is 7.62. The Morgan fingerprint density at radius 3 is 2.62 bits per heavy atom. The molecule has 1 aromatic heterocycles. The SMILES string of the molecule is CCC.Cc1csc(C2(C)CNCCO2)c1. The highest BCUT2D eigenvalue weighted by Gasteiger charge is 2.30. The van der Waals surface area contributed by atoms with Crippen molar-refractivity contribution in [2.24, 2.45) is 0 Å². The van der Waals surface area contributed by atoms with Crippen molar-refractivity contribution in [1.82, 2.24) is 5.32 Å². The van der Waals surface area contributed by atoms with Gasteiger partial charge in [-0.3, -0.25) is 0 Å². The highest BCUT2D eigenvalue weighted by molar-refractivity contribution is 7.10. The van der Waals surface area contributed by atoms with Crippen LogP contribution in [0.2, 0.25) is 0 Å². The first-order valence-electron chi connectivity index (χ1n) is 6.02. The van der Waals surface area contributed by atoms with E-state index in [4.69, 9.17) is 4.74 Å². The van der Waals surface area contributed by atoms with Crippen molar-refractivity contribution in [2.75, 3.05) is 19.7 Å². The molecular formula is C13H23NOS. The van der Waals surface area contributed by atoms with Gasteiger partial charge in [-0.2, -0.15) is 0 Å². The maximum absolute atomic E-state index is 5.81. The van der Waals surface area contributed by atoms with Crippen molar-refractivity contribution >= 4 is 11.3 Å². The molecule has 1 fully saturated rings. The van der Waals surface area contributed by atoms with Crippen molar-refractivity contribution in [1.29, 1.82) is 0 Å². The molecule has 0 saturated carbocycles. The zero-order valence-electron chi connectivity index (χ0n) is 10.8. The molecule has 3 heteroatoms. The summed E-state index contributed by atoms with van der Waals surface area (Å²) in [5.41, 5.74) is 1.23. The average Bonchev–Trinajstić information content (AvgIpc) is 2.68. The summed E-state index contributed by atoms with van der Waals surface area (Å²) < 4.78 is 5.81. The molecule has 1 atom stereocenters. The summed E-state index contributed by atoms with van der Waals surface area (Å²) in [6.07, 6.45) is 1.25. The largest absolute Gasteiger partial charge is 0.367 e. The van der Waals surface area contributed by atoms with Gasteiger partial charge >= 0.3 is 0 Å². The zero-order valence-corrected chi connectivity index (χ0v) is 11.6. The van der Waals surface area contributed by atoms with Crippen LogP contribution in [-0.4, -0.2) is 19.7 Å². The number of aryl methyl sites for hydroxylation is 1. The second-order valence-corrected chi connectivity index (χ2v) is 5.36. The normalized spacial score (nSPS) is 24.8. The molecule has 0 spiro atoms. The molecule has 16 heavy (non-hydrogen) atoms. The summed E-state index contributed by atoms with van der Waals surface area (Å²) in [4.78, 5) is 1.33. The fourth-order valence-electron chi connectivity index (χ4n) is 1.59. The van der Waals surface area contributed by atoms with Crippen LogP contribution >= 0.6 is 11.3 Å². The average molecular weight is 241 g/mol. The van der Waals surface area contributed by atoms with Crippen LogP contribution in [0.1, 0.15) is 37.6 Å². The summed E-state index contributed by atoms with van der Waals surface area (Å²) >= 11 is 1.79. The Morgan fingerprint density at radius 1 is 1.50 bits per heavy atom. The Kier molecular flexibility index (Phi) is 5.46. The monoisotopic (exact) mass is 241 g/mol. The highest BCUT2D eigenvalue weighted by Crippen LogP contribution is 2.31. The molecule has 1 saturated heterocycles. The number of hydrogen-bond donors (Lipinski definition) is 1. The highest BCUT2D eigenvalue weighted by atomic mass is 32.1. The lowest BCUT2D eigenvalue weighted by Gasteiger charge is -2.33. The molecule has 1 N–H and O–H groups in total. The Bertz CT molecular complexity index is 303. The minimum Gasteiger partial charge on any atom is -0.367 e. The van der Waals surface area contributed by atoms with Crippen molar-refractivity contribution in [3.8, 4) is 0 Å². The van der Waals surface area contributed by atoms with E-state index in [0.29, 0.717) is 0 Å². The zero-order chi connectivity index (χ0) is 12.0. The van der Waals surface area contributed by atoms with Gasteiger partial charge in [0.05, 0.1) is 6.61 Å². The molecule has 1 aliphatic rings. The van der Waals surface area contributed by atoms with Crippen LogP contribution in [0, 0.1) is 6.92 Å². The Hall–Kier alpha value is -0.380. The molecule has 92 valence electrons. The van der Waals surface area contributed by atoms with Gasteiger partial charge in [0.2, 0.25) is 0 Å². The van der Waals surface area contributed by atoms with Gasteiger partial charge in [-0.15, -0.1) is 11.3 Å². The van der Waals surface area contributed by atoms with Gasteiger partial charge in [-0.05, 0) is 30.9 Å². The first-order valence-corrected chi connectivity index (χ1v) is 6.90. The summed E-state index contributed by atoms with van der Waals surface area (Å²) in [7, 11) is 0. The molecule has 0 aliphatic carbocycles. The Morgan fingerprint density at radius 2 is 2.19 bits per heavy atom. The minimum atomic E-state index is -0.100. The van der Waals surface area contributed by atoms with Crippen molar-refractivity contribution in [2.45, 2.75) is 39.7 Å². The topological polar surface area (TPSA) is 21.3 Å². The van der Waals surface area contributed by atoms with E-state index in [9.17, 15) is 0 Å². The van der Waals surface area contributed by atoms with Gasteiger partial charge in [0.1, 0.15) is 5.60 Å². The second-order valence-electron chi connectivity index (χ2n) is 4.45. The van der Waals surface area contributed by atoms with E-state index in [1.165, 1.54) is 16.9 Å². The van der Waals surface area contributed by atoms with Gasteiger partial charge < -0.3 is 10.1 Å². The van der Waals surface area contributed by atoms with Gasteiger partial charge in [-0.1, -0.05) is 20.3 Å². The lowest BCUT2D eigenvalue weighted by molar-refractivity contribution is -0.0546. The number of thiophene rings is 1. The Labute approximate surface area is 103 Å². The van der Waals surface area contributed by atoms with E-state index < -0.39 is 0 Å². The van der Waals surface area contributed by atoms with Crippen molar-refractivity contribution in [3.05, 3.63) is 21.9 Å². The first kappa shape index (κ1) is 13.7. The fraction of sp³-hybridized carbons (Fsp3) is 0.692. The van der Waals surface area contributed by atoms with E-state index in [1.54, 1.807) is 11.3 Å². The van der Waals surface area contributed by atoms with Crippen molar-refractivity contribution < 1.29 is 4.74 Å². The van der Waals surface area contributed by atoms with E-state index in [0.717, 1.165) is 19.7 Å². The lowest BCUT2D eigenvalue weighted by atomic mass is 10.0. The molecule has 0 aromatic carbocycles. The van der Waals surface area contributed by atoms with Crippen LogP contribution < -0.4 is 5.32 Å². The third kappa shape index (κ3) is 3.58. The molecule has 0 radical (unpaired) electrons. The molecule has 0 bridgehead atoms. The molecule has 2 rings (SSSR count). The van der Waals surface area contributed by atoms with E-state index in [-0.39, 0.29) is 5.60 Å². The standard InChI is InChI=1S/C10H15NOS.C3H8/c1-8-5-9(13-6-8)10(2)7-11-3-4-12-10;1-3-2/h5-6,11H,3-4,7H2,1-2H3;3H2,1-2H3. The molecule has 2 heterocycles. The molecule has 1 unspecified atom stereocenters. The third-order valence-electron chi connectivity index (χ3n) is 2.41. The van der Waals surface area contributed by atoms with Crippen LogP contribution in [0.3, 0.4) is 0 Å². The summed E-state index contributed by atoms with van der Waals surface area (Å²) in [5.74, 6) is 0. The molecule has 1 aliphatic heterocycles. The third-order valence-corrected chi connectivity index (χ3v) is 3.71. The minimum absolute atomic E-state index is 0.100. The van der Waals surface area contributed by atoms with E-state index >= 15 is 0 Å². The maximum Gasteiger partial charge on any atom is 0.112 e. The summed E-state index contributed by atoms with van der Waals surface area (Å²) in [6.45, 7) is 11.2. The van der Waals surface area contributed by atoms with Crippen molar-refractivity contribution in [3.63, 3.8) is 0 Å². The Balaban J connectivity index is 0.000000386. The molecule has 2 nitrogen and oxygen atoms in total. The number of nitrogens with one attached hydrogen (secondary N) is 1. The molecule has 0 amide bonds. The number of morpholine rings is 1. The quantitative estimate of drug-likeness (QED) is 0.814. The smallest absolute Gasteiger partial charge is 0.112 e. The number of ether oxygens (including phenoxy) is 1. The predicted octanol–water partition coefficient (Wildman–Crippen LogP) is 3.31. The van der Waals surface area contributed by atoms with Gasteiger partial charge in [0, 0.05) is 18.0 Å². The van der Waals surface area contributed by atoms with Crippen LogP contribution in [0.15, 0.2) is 11.4 Å². The maximum atomic E-state index is 5.81. The van der Waals surface area contributed by atoms with Crippen LogP contribution in [0.4, 0.5) is 0 Å². The van der Waals surface area contributed by atoms with Gasteiger partial charge in [0.15, 0.2) is 0 Å². The fourth-order valence-corrected chi connectivity index (χ4v) is 2.61. The van der Waals surface area contributed by atoms with Crippen LogP contribution in [0.5, 0.6) is 0 Å². The van der Waals surface area contributed by atoms with E-state index in [1.807, 2.05) is 0 Å². The predicted molar refractivity (Wildman–Crippen MR) is 71.2 cm³/mol. The van der Waals surface area contributed by atoms with Crippen LogP contribution in [-0.2, 0) is 10.3 Å². The number of hydrogen-bond acceptors (Lipinski definition) is 3. The second kappa shape index (κ2) is 6.38. The summed E-state index contributed by atoms with van der Waals surface area (Å²) in [6, 6.07) is 2.22. The van der Waals surface area contributed by atoms with Gasteiger partial charge in [-0.25, -0.2) is 0 Å². The molecular weight excluding hydrogens is 218 g/mol. The van der Waals surface area contributed by atoms with E-state index in [2.05, 4.69) is 44.5 Å². The van der Waals surface area contributed by atoms with Gasteiger partial charge in [0.25, 0.3) is 0 Å². The summed E-state index contributed by atoms with van der Waals surface area (Å²) in [5, 5.41) is 5.54. The lowest BCUT2D eigenvalue weighted by Crippen LogP contribution is -2.44. The number of rotatable bonds is 1. The molecule has 1 aromatic rings.